The van der Waals surface area contributed by atoms with Gasteiger partial charge in [0, 0.05) is 13.5 Å². The van der Waals surface area contributed by atoms with E-state index in [-0.39, 0.29) is 18.4 Å². The molecular weight excluding hydrogens is 206 g/mol. The zero-order valence-electron chi connectivity index (χ0n) is 9.01. The number of hydrogen-bond donors (Lipinski definition) is 1. The lowest BCUT2D eigenvalue weighted by Gasteiger charge is -2.22. The van der Waals surface area contributed by atoms with E-state index in [1.807, 2.05) is 24.3 Å². The maximum atomic E-state index is 11.4. The summed E-state index contributed by atoms with van der Waals surface area (Å²) < 4.78 is 0. The number of aliphatic carboxylic acids is 1. The van der Waals surface area contributed by atoms with Gasteiger partial charge in [-0.2, -0.15) is 0 Å². The molecule has 1 unspecified atom stereocenters. The maximum absolute atomic E-state index is 11.4. The van der Waals surface area contributed by atoms with Crippen molar-refractivity contribution in [1.82, 2.24) is 4.90 Å². The van der Waals surface area contributed by atoms with Crippen molar-refractivity contribution >= 4 is 11.9 Å². The second-order valence-corrected chi connectivity index (χ2v) is 3.96. The molecule has 0 radical (unpaired) electrons. The fourth-order valence-electron chi connectivity index (χ4n) is 2.18. The second-order valence-electron chi connectivity index (χ2n) is 3.96. The minimum Gasteiger partial charge on any atom is -0.481 e. The summed E-state index contributed by atoms with van der Waals surface area (Å²) in [5.74, 6) is -0.963. The van der Waals surface area contributed by atoms with Crippen LogP contribution in [0.3, 0.4) is 0 Å². The predicted molar refractivity (Wildman–Crippen MR) is 57.7 cm³/mol. The Morgan fingerprint density at radius 1 is 1.44 bits per heavy atom. The average molecular weight is 219 g/mol. The predicted octanol–water partition coefficient (Wildman–Crippen LogP) is 1.56. The number of carbonyl (C=O) groups excluding carboxylic acids is 1. The molecule has 1 aromatic carbocycles. The number of rotatable bonds is 2. The van der Waals surface area contributed by atoms with Crippen molar-refractivity contribution in [2.24, 2.45) is 0 Å². The highest BCUT2D eigenvalue weighted by molar-refractivity contribution is 5.77. The van der Waals surface area contributed by atoms with Gasteiger partial charge in [0.05, 0.1) is 12.5 Å². The van der Waals surface area contributed by atoms with E-state index in [2.05, 4.69) is 0 Å². The number of hydrogen-bond acceptors (Lipinski definition) is 2. The van der Waals surface area contributed by atoms with Crippen molar-refractivity contribution in [3.05, 3.63) is 35.4 Å². The second kappa shape index (κ2) is 3.96. The zero-order valence-corrected chi connectivity index (χ0v) is 9.01. The third-order valence-corrected chi connectivity index (χ3v) is 2.90. The quantitative estimate of drug-likeness (QED) is 0.821. The summed E-state index contributed by atoms with van der Waals surface area (Å²) in [5.41, 5.74) is 2.00. The van der Waals surface area contributed by atoms with E-state index in [1.54, 1.807) is 4.90 Å². The molecule has 84 valence electrons. The largest absolute Gasteiger partial charge is 0.481 e. The van der Waals surface area contributed by atoms with Crippen LogP contribution < -0.4 is 0 Å². The highest BCUT2D eigenvalue weighted by Gasteiger charge is 2.32. The smallest absolute Gasteiger partial charge is 0.305 e. The molecule has 16 heavy (non-hydrogen) atoms. The molecule has 2 rings (SSSR count). The molecule has 0 aliphatic carbocycles. The SMILES string of the molecule is CC(=O)N1Cc2ccccc2C1CC(=O)O. The van der Waals surface area contributed by atoms with Crippen LogP contribution in [0.4, 0.5) is 0 Å². The van der Waals surface area contributed by atoms with Gasteiger partial charge in [-0.05, 0) is 11.1 Å². The minimum absolute atomic E-state index is 0.0312. The van der Waals surface area contributed by atoms with Crippen LogP contribution in [-0.2, 0) is 16.1 Å². The average Bonchev–Trinajstić information content (AvgIpc) is 2.57. The monoisotopic (exact) mass is 219 g/mol. The van der Waals surface area contributed by atoms with Gasteiger partial charge in [-0.3, -0.25) is 9.59 Å². The van der Waals surface area contributed by atoms with E-state index in [1.165, 1.54) is 6.92 Å². The molecule has 4 nitrogen and oxygen atoms in total. The molecule has 4 heteroatoms. The molecular formula is C12H13NO3. The van der Waals surface area contributed by atoms with Crippen molar-refractivity contribution in [3.63, 3.8) is 0 Å². The Hall–Kier alpha value is -1.84. The van der Waals surface area contributed by atoms with Gasteiger partial charge in [-0.15, -0.1) is 0 Å². The van der Waals surface area contributed by atoms with Crippen LogP contribution in [0.2, 0.25) is 0 Å². The lowest BCUT2D eigenvalue weighted by molar-refractivity contribution is -0.140. The zero-order chi connectivity index (χ0) is 11.7. The van der Waals surface area contributed by atoms with E-state index >= 15 is 0 Å². The summed E-state index contributed by atoms with van der Waals surface area (Å²) in [5, 5.41) is 8.86. The van der Waals surface area contributed by atoms with Crippen molar-refractivity contribution in [2.75, 3.05) is 0 Å². The number of fused-ring (bicyclic) bond motifs is 1. The fourth-order valence-corrected chi connectivity index (χ4v) is 2.18. The Morgan fingerprint density at radius 2 is 2.12 bits per heavy atom. The van der Waals surface area contributed by atoms with Gasteiger partial charge in [0.1, 0.15) is 0 Å². The molecule has 1 aliphatic heterocycles. The van der Waals surface area contributed by atoms with Crippen LogP contribution in [-0.4, -0.2) is 21.9 Å². The summed E-state index contributed by atoms with van der Waals surface area (Å²) in [6.07, 6.45) is -0.0312. The molecule has 1 heterocycles. The lowest BCUT2D eigenvalue weighted by Crippen LogP contribution is -2.28. The van der Waals surface area contributed by atoms with Crippen LogP contribution >= 0.6 is 0 Å². The molecule has 0 spiro atoms. The maximum Gasteiger partial charge on any atom is 0.305 e. The fraction of sp³-hybridized carbons (Fsp3) is 0.333. The molecule has 0 aromatic heterocycles. The van der Waals surface area contributed by atoms with Crippen LogP contribution in [0.5, 0.6) is 0 Å². The summed E-state index contributed by atoms with van der Waals surface area (Å²) >= 11 is 0. The molecule has 0 fully saturated rings. The van der Waals surface area contributed by atoms with Crippen LogP contribution in [0.25, 0.3) is 0 Å². The van der Waals surface area contributed by atoms with Crippen molar-refractivity contribution in [2.45, 2.75) is 25.9 Å². The van der Waals surface area contributed by atoms with E-state index in [0.29, 0.717) is 6.54 Å². The first-order valence-electron chi connectivity index (χ1n) is 5.16. The number of amides is 1. The van der Waals surface area contributed by atoms with E-state index < -0.39 is 5.97 Å². The molecule has 1 aliphatic rings. The number of carbonyl (C=O) groups is 2. The standard InChI is InChI=1S/C12H13NO3/c1-8(14)13-7-9-4-2-3-5-10(9)11(13)6-12(15)16/h2-5,11H,6-7H2,1H3,(H,15,16). The molecule has 1 N–H and O–H groups in total. The number of carboxylic acids is 1. The Bertz CT molecular complexity index is 442. The Morgan fingerprint density at radius 3 is 2.75 bits per heavy atom. The third kappa shape index (κ3) is 1.78. The van der Waals surface area contributed by atoms with E-state index in [0.717, 1.165) is 11.1 Å². The summed E-state index contributed by atoms with van der Waals surface area (Å²) in [4.78, 5) is 23.8. The highest BCUT2D eigenvalue weighted by atomic mass is 16.4. The van der Waals surface area contributed by atoms with E-state index in [9.17, 15) is 9.59 Å². The van der Waals surface area contributed by atoms with E-state index in [4.69, 9.17) is 5.11 Å². The molecule has 0 saturated heterocycles. The molecule has 1 aromatic rings. The first-order valence-corrected chi connectivity index (χ1v) is 5.16. The van der Waals surface area contributed by atoms with Crippen LogP contribution in [0.1, 0.15) is 30.5 Å². The van der Waals surface area contributed by atoms with Gasteiger partial charge in [0.15, 0.2) is 0 Å². The van der Waals surface area contributed by atoms with Crippen molar-refractivity contribution in [3.8, 4) is 0 Å². The summed E-state index contributed by atoms with van der Waals surface area (Å²) in [7, 11) is 0. The Kier molecular flexibility index (Phi) is 2.64. The lowest BCUT2D eigenvalue weighted by atomic mass is 10.0. The number of carboxylic acid groups (broad SMARTS) is 1. The molecule has 0 saturated carbocycles. The summed E-state index contributed by atoms with van der Waals surface area (Å²) in [6.45, 7) is 1.99. The Balaban J connectivity index is 2.35. The highest BCUT2D eigenvalue weighted by Crippen LogP contribution is 2.35. The number of nitrogens with zero attached hydrogens (tertiary/aromatic N) is 1. The van der Waals surface area contributed by atoms with Gasteiger partial charge >= 0.3 is 5.97 Å². The third-order valence-electron chi connectivity index (χ3n) is 2.90. The minimum atomic E-state index is -0.882. The molecule has 1 atom stereocenters. The first-order chi connectivity index (χ1) is 7.59. The summed E-state index contributed by atoms with van der Waals surface area (Å²) in [6, 6.07) is 7.29. The first kappa shape index (κ1) is 10.7. The van der Waals surface area contributed by atoms with Crippen LogP contribution in [0.15, 0.2) is 24.3 Å². The molecule has 0 bridgehead atoms. The van der Waals surface area contributed by atoms with Crippen molar-refractivity contribution in [1.29, 1.82) is 0 Å². The van der Waals surface area contributed by atoms with Crippen molar-refractivity contribution < 1.29 is 14.7 Å². The topological polar surface area (TPSA) is 57.6 Å². The van der Waals surface area contributed by atoms with Crippen LogP contribution in [0, 0.1) is 0 Å². The Labute approximate surface area is 93.5 Å². The normalized spacial score (nSPS) is 18.3. The van der Waals surface area contributed by atoms with Gasteiger partial charge in [0.25, 0.3) is 0 Å². The molecule has 1 amide bonds. The van der Waals surface area contributed by atoms with Gasteiger partial charge < -0.3 is 10.0 Å². The van der Waals surface area contributed by atoms with Gasteiger partial charge in [0.2, 0.25) is 5.91 Å². The number of benzene rings is 1. The van der Waals surface area contributed by atoms with Gasteiger partial charge in [-0.25, -0.2) is 0 Å². The van der Waals surface area contributed by atoms with Gasteiger partial charge in [-0.1, -0.05) is 24.3 Å².